The van der Waals surface area contributed by atoms with Crippen molar-refractivity contribution < 1.29 is 27.4 Å². The molecule has 0 fully saturated rings. The van der Waals surface area contributed by atoms with Gasteiger partial charge in [-0.25, -0.2) is 4.39 Å². The van der Waals surface area contributed by atoms with Crippen LogP contribution in [-0.4, -0.2) is 33.3 Å². The normalized spacial score (nSPS) is 11.0. The van der Waals surface area contributed by atoms with Gasteiger partial charge in [0.2, 0.25) is 0 Å². The van der Waals surface area contributed by atoms with E-state index in [1.807, 2.05) is 0 Å². The number of hydrogen-bond acceptors (Lipinski definition) is 4. The van der Waals surface area contributed by atoms with Gasteiger partial charge in [0, 0.05) is 25.7 Å². The van der Waals surface area contributed by atoms with Gasteiger partial charge in [-0.15, -0.1) is 24.0 Å². The topological polar surface area (TPSA) is 64.1 Å². The van der Waals surface area contributed by atoms with E-state index in [0.717, 1.165) is 0 Å². The lowest BCUT2D eigenvalue weighted by Crippen LogP contribution is -2.36. The molecule has 0 aliphatic carbocycles. The van der Waals surface area contributed by atoms with Crippen LogP contribution in [0.5, 0.6) is 17.2 Å². The molecule has 0 saturated heterocycles. The Labute approximate surface area is 190 Å². The molecule has 2 aromatic rings. The van der Waals surface area contributed by atoms with Crippen molar-refractivity contribution in [3.63, 3.8) is 0 Å². The molecule has 0 unspecified atom stereocenters. The number of benzene rings is 2. The third-order valence-electron chi connectivity index (χ3n) is 3.91. The Morgan fingerprint density at radius 3 is 2.43 bits per heavy atom. The minimum absolute atomic E-state index is 0. The number of aliphatic imine (C=N–C) groups is 1. The number of rotatable bonds is 9. The van der Waals surface area contributed by atoms with E-state index >= 15 is 0 Å². The molecule has 0 radical (unpaired) electrons. The van der Waals surface area contributed by atoms with Crippen LogP contribution in [0.4, 0.5) is 13.2 Å². The maximum Gasteiger partial charge on any atom is 0.387 e. The quantitative estimate of drug-likeness (QED) is 0.283. The highest BCUT2D eigenvalue weighted by Crippen LogP contribution is 2.32. The highest BCUT2D eigenvalue weighted by molar-refractivity contribution is 14.0. The van der Waals surface area contributed by atoms with Crippen molar-refractivity contribution in [2.45, 2.75) is 26.6 Å². The first-order valence-electron chi connectivity index (χ1n) is 8.94. The highest BCUT2D eigenvalue weighted by atomic mass is 127. The Bertz CT molecular complexity index is 838. The van der Waals surface area contributed by atoms with E-state index in [9.17, 15) is 13.2 Å². The lowest BCUT2D eigenvalue weighted by atomic mass is 10.2. The van der Waals surface area contributed by atoms with E-state index in [2.05, 4.69) is 20.4 Å². The molecule has 0 atom stereocenters. The highest BCUT2D eigenvalue weighted by Gasteiger charge is 2.16. The number of halogens is 4. The standard InChI is InChI=1S/C20H24F3N3O3.HI/c1-4-28-17-7-5-6-14(18(17)29-19(22)23)12-26-20(24-2)25-11-13-8-9-16(27-3)15(21)10-13;/h5-10,19H,4,11-12H2,1-3H3,(H2,24,25,26);1H. The lowest BCUT2D eigenvalue weighted by molar-refractivity contribution is -0.0520. The summed E-state index contributed by atoms with van der Waals surface area (Å²) in [5.41, 5.74) is 1.17. The van der Waals surface area contributed by atoms with Gasteiger partial charge >= 0.3 is 6.61 Å². The predicted molar refractivity (Wildman–Crippen MR) is 120 cm³/mol. The molecule has 0 aliphatic rings. The number of hydrogen-bond donors (Lipinski definition) is 2. The first-order chi connectivity index (χ1) is 14.0. The molecule has 30 heavy (non-hydrogen) atoms. The number of alkyl halides is 2. The molecule has 2 N–H and O–H groups in total. The fourth-order valence-corrected chi connectivity index (χ4v) is 2.60. The zero-order valence-electron chi connectivity index (χ0n) is 16.9. The first kappa shape index (κ1) is 25.7. The number of nitrogens with one attached hydrogen (secondary N) is 2. The Morgan fingerprint density at radius 1 is 1.10 bits per heavy atom. The van der Waals surface area contributed by atoms with Crippen LogP contribution < -0.4 is 24.8 Å². The molecule has 10 heteroatoms. The molecular weight excluding hydrogens is 514 g/mol. The van der Waals surface area contributed by atoms with Gasteiger partial charge in [0.1, 0.15) is 0 Å². The van der Waals surface area contributed by atoms with Crippen LogP contribution in [-0.2, 0) is 13.1 Å². The minimum atomic E-state index is -2.97. The third kappa shape index (κ3) is 7.47. The van der Waals surface area contributed by atoms with Gasteiger partial charge in [0.25, 0.3) is 0 Å². The smallest absolute Gasteiger partial charge is 0.387 e. The molecule has 0 heterocycles. The molecule has 0 saturated carbocycles. The van der Waals surface area contributed by atoms with Crippen LogP contribution >= 0.6 is 24.0 Å². The maximum absolute atomic E-state index is 13.8. The van der Waals surface area contributed by atoms with E-state index < -0.39 is 12.4 Å². The summed E-state index contributed by atoms with van der Waals surface area (Å²) >= 11 is 0. The van der Waals surface area contributed by atoms with Crippen LogP contribution in [0.3, 0.4) is 0 Å². The first-order valence-corrected chi connectivity index (χ1v) is 8.94. The Morgan fingerprint density at radius 2 is 1.83 bits per heavy atom. The van der Waals surface area contributed by atoms with Crippen LogP contribution in [0.2, 0.25) is 0 Å². The van der Waals surface area contributed by atoms with Crippen LogP contribution in [0.25, 0.3) is 0 Å². The zero-order valence-corrected chi connectivity index (χ0v) is 19.2. The largest absolute Gasteiger partial charge is 0.494 e. The van der Waals surface area contributed by atoms with Gasteiger partial charge in [-0.2, -0.15) is 8.78 Å². The van der Waals surface area contributed by atoms with Crippen LogP contribution in [0.1, 0.15) is 18.1 Å². The van der Waals surface area contributed by atoms with Crippen molar-refractivity contribution in [1.82, 2.24) is 10.6 Å². The van der Waals surface area contributed by atoms with Crippen molar-refractivity contribution in [2.75, 3.05) is 20.8 Å². The van der Waals surface area contributed by atoms with Crippen molar-refractivity contribution in [2.24, 2.45) is 4.99 Å². The lowest BCUT2D eigenvalue weighted by Gasteiger charge is -2.17. The number of para-hydroxylation sites is 1. The van der Waals surface area contributed by atoms with Crippen molar-refractivity contribution >= 4 is 29.9 Å². The summed E-state index contributed by atoms with van der Waals surface area (Å²) < 4.78 is 54.3. The van der Waals surface area contributed by atoms with E-state index in [4.69, 9.17) is 9.47 Å². The summed E-state index contributed by atoms with van der Waals surface area (Å²) in [6.07, 6.45) is 0. The molecule has 0 spiro atoms. The third-order valence-corrected chi connectivity index (χ3v) is 3.91. The van der Waals surface area contributed by atoms with E-state index in [-0.39, 0.29) is 47.8 Å². The summed E-state index contributed by atoms with van der Waals surface area (Å²) in [4.78, 5) is 4.08. The Hall–Kier alpha value is -2.37. The van der Waals surface area contributed by atoms with Crippen LogP contribution in [0, 0.1) is 5.82 Å². The SMILES string of the molecule is CCOc1cccc(CNC(=NC)NCc2ccc(OC)c(F)c2)c1OC(F)F.I. The molecule has 0 amide bonds. The maximum atomic E-state index is 13.8. The van der Waals surface area contributed by atoms with Gasteiger partial charge in [0.05, 0.1) is 13.7 Å². The molecule has 0 bridgehead atoms. The van der Waals surface area contributed by atoms with E-state index in [1.165, 1.54) is 19.2 Å². The predicted octanol–water partition coefficient (Wildman–Crippen LogP) is 4.32. The summed E-state index contributed by atoms with van der Waals surface area (Å²) in [6, 6.07) is 9.53. The minimum Gasteiger partial charge on any atom is -0.494 e. The van der Waals surface area contributed by atoms with Gasteiger partial charge < -0.3 is 24.8 Å². The average molecular weight is 539 g/mol. The fraction of sp³-hybridized carbons (Fsp3) is 0.350. The average Bonchev–Trinajstić information content (AvgIpc) is 2.70. The Balaban J connectivity index is 0.00000450. The Kier molecular flexibility index (Phi) is 11.2. The number of ether oxygens (including phenoxy) is 3. The summed E-state index contributed by atoms with van der Waals surface area (Å²) in [5.74, 6) is 0.326. The molecular formula is C20H25F3IN3O3. The molecule has 2 rings (SSSR count). The second kappa shape index (κ2) is 13.0. The van der Waals surface area contributed by atoms with Crippen molar-refractivity contribution in [3.05, 3.63) is 53.3 Å². The van der Waals surface area contributed by atoms with Crippen LogP contribution in [0.15, 0.2) is 41.4 Å². The van der Waals surface area contributed by atoms with Gasteiger partial charge in [-0.1, -0.05) is 18.2 Å². The van der Waals surface area contributed by atoms with Crippen molar-refractivity contribution in [3.8, 4) is 17.2 Å². The number of methoxy groups -OCH3 is 1. The van der Waals surface area contributed by atoms with Gasteiger partial charge in [-0.05, 0) is 30.7 Å². The van der Waals surface area contributed by atoms with Crippen molar-refractivity contribution in [1.29, 1.82) is 0 Å². The summed E-state index contributed by atoms with van der Waals surface area (Å²) in [6.45, 7) is -0.430. The molecule has 6 nitrogen and oxygen atoms in total. The van der Waals surface area contributed by atoms with Gasteiger partial charge in [-0.3, -0.25) is 4.99 Å². The summed E-state index contributed by atoms with van der Waals surface area (Å²) in [5, 5.41) is 6.05. The van der Waals surface area contributed by atoms with Gasteiger partial charge in [0.15, 0.2) is 29.0 Å². The second-order valence-corrected chi connectivity index (χ2v) is 5.80. The monoisotopic (exact) mass is 539 g/mol. The van der Waals surface area contributed by atoms with E-state index in [0.29, 0.717) is 30.2 Å². The molecule has 2 aromatic carbocycles. The molecule has 166 valence electrons. The second-order valence-electron chi connectivity index (χ2n) is 5.80. The fourth-order valence-electron chi connectivity index (χ4n) is 2.60. The number of guanidine groups is 1. The molecule has 0 aromatic heterocycles. The summed E-state index contributed by atoms with van der Waals surface area (Å²) in [7, 11) is 2.96. The number of nitrogens with zero attached hydrogens (tertiary/aromatic N) is 1. The molecule has 0 aliphatic heterocycles. The van der Waals surface area contributed by atoms with E-state index in [1.54, 1.807) is 38.2 Å². The zero-order chi connectivity index (χ0) is 21.2.